The Hall–Kier alpha value is 0.420. The molecule has 0 bridgehead atoms. The molecule has 1 N–H and O–H groups in total. The number of nitrogens with zero attached hydrogens (tertiary/aromatic N) is 1. The summed E-state index contributed by atoms with van der Waals surface area (Å²) in [6, 6.07) is 5.55. The van der Waals surface area contributed by atoms with E-state index in [0.29, 0.717) is 0 Å². The van der Waals surface area contributed by atoms with Gasteiger partial charge in [-0.25, -0.2) is 0 Å². The van der Waals surface area contributed by atoms with Gasteiger partial charge in [0.15, 0.2) is 5.75 Å². The minimum Gasteiger partial charge on any atom is -0.502 e. The average Bonchev–Trinajstić information content (AvgIpc) is 1.88. The number of nitro benzene ring substituents is 1. The van der Waals surface area contributed by atoms with Crippen LogP contribution in [-0.2, 0) is 0 Å². The van der Waals surface area contributed by atoms with E-state index >= 15 is 0 Å². The molecule has 12 heavy (non-hydrogen) atoms. The Kier molecular flexibility index (Phi) is 8.56. The van der Waals surface area contributed by atoms with Crippen LogP contribution in [0.4, 0.5) is 5.69 Å². The summed E-state index contributed by atoms with van der Waals surface area (Å²) < 4.78 is 0. The zero-order valence-corrected chi connectivity index (χ0v) is 11.0. The fourth-order valence-electron chi connectivity index (χ4n) is 0.619. The van der Waals surface area contributed by atoms with Crippen LogP contribution in [0.15, 0.2) is 24.3 Å². The van der Waals surface area contributed by atoms with Gasteiger partial charge in [-0.05, 0) is 6.07 Å². The summed E-state index contributed by atoms with van der Waals surface area (Å²) in [5, 5.41) is 18.9. The predicted molar refractivity (Wildman–Crippen MR) is 46.3 cm³/mol. The number of aromatic hydroxyl groups is 1. The quantitative estimate of drug-likeness (QED) is 0.394. The van der Waals surface area contributed by atoms with Crippen molar-refractivity contribution in [1.82, 2.24) is 0 Å². The molecule has 0 atom stereocenters. The molecule has 0 spiro atoms. The van der Waals surface area contributed by atoms with E-state index in [0.717, 1.165) is 0 Å². The summed E-state index contributed by atoms with van der Waals surface area (Å²) in [5.41, 5.74) is -0.262. The van der Waals surface area contributed by atoms with Gasteiger partial charge in [-0.15, -0.1) is 0 Å². The third kappa shape index (κ3) is 3.89. The third-order valence-electron chi connectivity index (χ3n) is 1.08. The minimum atomic E-state index is -0.630. The van der Waals surface area contributed by atoms with Gasteiger partial charge in [0.05, 0.1) is 4.92 Å². The van der Waals surface area contributed by atoms with Gasteiger partial charge in [0.2, 0.25) is 0 Å². The van der Waals surface area contributed by atoms with Gasteiger partial charge in [0, 0.05) is 65.2 Å². The van der Waals surface area contributed by atoms with Crippen molar-refractivity contribution < 1.29 is 10.0 Å². The molecule has 0 amide bonds. The number of nitro groups is 1. The Labute approximate surface area is 114 Å². The zero-order valence-electron chi connectivity index (χ0n) is 7.02. The van der Waals surface area contributed by atoms with Gasteiger partial charge in [0.25, 0.3) is 0 Å². The molecule has 0 aliphatic carbocycles. The van der Waals surface area contributed by atoms with E-state index in [9.17, 15) is 10.1 Å². The Balaban J connectivity index is 0. The first-order valence-electron chi connectivity index (χ1n) is 2.64. The number of hydrogen-bond donors (Lipinski definition) is 1. The third-order valence-corrected chi connectivity index (χ3v) is 1.08. The maximum absolute atomic E-state index is 10.1. The van der Waals surface area contributed by atoms with Crippen molar-refractivity contribution in [2.45, 2.75) is 0 Å². The minimum absolute atomic E-state index is 0. The second-order valence-electron chi connectivity index (χ2n) is 1.75. The van der Waals surface area contributed by atoms with E-state index < -0.39 is 4.92 Å². The number of para-hydroxylation sites is 2. The second-order valence-corrected chi connectivity index (χ2v) is 1.75. The normalized spacial score (nSPS) is 7.67. The van der Waals surface area contributed by atoms with Gasteiger partial charge < -0.3 is 5.11 Å². The first-order chi connectivity index (χ1) is 4.72. The summed E-state index contributed by atoms with van der Waals surface area (Å²) in [5.74, 6) is -0.299. The molecule has 0 saturated carbocycles. The van der Waals surface area contributed by atoms with E-state index in [-0.39, 0.29) is 70.6 Å². The van der Waals surface area contributed by atoms with Crippen molar-refractivity contribution in [2.24, 2.45) is 0 Å². The van der Waals surface area contributed by atoms with Crippen LogP contribution in [0, 0.1) is 10.1 Å². The Morgan fingerprint density at radius 1 is 1.25 bits per heavy atom. The molecule has 4 nitrogen and oxygen atoms in total. The van der Waals surface area contributed by atoms with Gasteiger partial charge in [-0.1, -0.05) is 12.1 Å². The molecule has 0 aliphatic rings. The standard InChI is InChI=1S/C6H5NO3.2Na/c8-6-4-2-1-3-5(6)7(9)10;;/h1-4,8H;;. The second kappa shape index (κ2) is 6.88. The molecule has 0 unspecified atom stereocenters. The van der Waals surface area contributed by atoms with Crippen LogP contribution in [0.1, 0.15) is 0 Å². The zero-order chi connectivity index (χ0) is 7.56. The first-order valence-corrected chi connectivity index (χ1v) is 2.64. The van der Waals surface area contributed by atoms with E-state index in [4.69, 9.17) is 5.11 Å². The Morgan fingerprint density at radius 3 is 2.08 bits per heavy atom. The number of phenols is 1. The van der Waals surface area contributed by atoms with Crippen LogP contribution in [0.25, 0.3) is 0 Å². The van der Waals surface area contributed by atoms with Crippen LogP contribution in [0.3, 0.4) is 0 Å². The van der Waals surface area contributed by atoms with E-state index in [1.54, 1.807) is 0 Å². The topological polar surface area (TPSA) is 63.4 Å². The number of rotatable bonds is 1. The van der Waals surface area contributed by atoms with Gasteiger partial charge >= 0.3 is 5.69 Å². The molecular formula is C6H5NNa2O3. The van der Waals surface area contributed by atoms with E-state index in [1.807, 2.05) is 0 Å². The summed E-state index contributed by atoms with van der Waals surface area (Å²) in [7, 11) is 0. The molecule has 0 fully saturated rings. The maximum Gasteiger partial charge on any atom is 0.310 e. The first kappa shape index (κ1) is 14.9. The van der Waals surface area contributed by atoms with Crippen molar-refractivity contribution in [3.8, 4) is 5.75 Å². The van der Waals surface area contributed by atoms with Crippen molar-refractivity contribution in [2.75, 3.05) is 0 Å². The van der Waals surface area contributed by atoms with Crippen LogP contribution in [0.5, 0.6) is 5.75 Å². The molecule has 1 rings (SSSR count). The molecular weight excluding hydrogens is 180 g/mol. The van der Waals surface area contributed by atoms with Crippen molar-refractivity contribution in [3.63, 3.8) is 0 Å². The summed E-state index contributed by atoms with van der Waals surface area (Å²) >= 11 is 0. The number of phenolic OH excluding ortho intramolecular Hbond substituents is 1. The Morgan fingerprint density at radius 2 is 1.75 bits per heavy atom. The monoisotopic (exact) mass is 185 g/mol. The van der Waals surface area contributed by atoms with Crippen LogP contribution < -0.4 is 0 Å². The van der Waals surface area contributed by atoms with Gasteiger partial charge in [0.1, 0.15) is 0 Å². The summed E-state index contributed by atoms with van der Waals surface area (Å²) in [4.78, 5) is 9.44. The summed E-state index contributed by atoms with van der Waals surface area (Å²) in [6.07, 6.45) is 0. The van der Waals surface area contributed by atoms with Crippen molar-refractivity contribution in [3.05, 3.63) is 34.4 Å². The number of hydrogen-bond acceptors (Lipinski definition) is 3. The molecule has 2 radical (unpaired) electrons. The van der Waals surface area contributed by atoms with Crippen LogP contribution in [-0.4, -0.2) is 69.1 Å². The molecule has 54 valence electrons. The number of benzene rings is 1. The Bertz CT molecular complexity index is 267. The predicted octanol–water partition coefficient (Wildman–Crippen LogP) is 0.539. The van der Waals surface area contributed by atoms with Crippen molar-refractivity contribution in [1.29, 1.82) is 0 Å². The largest absolute Gasteiger partial charge is 0.502 e. The van der Waals surface area contributed by atoms with E-state index in [1.165, 1.54) is 24.3 Å². The molecule has 1 aromatic rings. The molecule has 1 aromatic carbocycles. The fourth-order valence-corrected chi connectivity index (χ4v) is 0.619. The van der Waals surface area contributed by atoms with Crippen molar-refractivity contribution >= 4 is 64.8 Å². The molecule has 0 aliphatic heterocycles. The molecule has 0 saturated heterocycles. The van der Waals surface area contributed by atoms with Gasteiger partial charge in [-0.2, -0.15) is 0 Å². The maximum atomic E-state index is 10.1. The fraction of sp³-hybridized carbons (Fsp3) is 0. The van der Waals surface area contributed by atoms with Crippen LogP contribution in [0.2, 0.25) is 0 Å². The summed E-state index contributed by atoms with van der Waals surface area (Å²) in [6.45, 7) is 0. The molecule has 0 aromatic heterocycles. The van der Waals surface area contributed by atoms with Crippen LogP contribution >= 0.6 is 0 Å². The molecule has 0 heterocycles. The smallest absolute Gasteiger partial charge is 0.310 e. The average molecular weight is 185 g/mol. The van der Waals surface area contributed by atoms with Gasteiger partial charge in [-0.3, -0.25) is 10.1 Å². The SMILES string of the molecule is O=[N+]([O-])c1ccccc1O.[Na].[Na]. The molecule has 6 heteroatoms. The van der Waals surface area contributed by atoms with E-state index in [2.05, 4.69) is 0 Å².